The Balaban J connectivity index is 1.85. The molecule has 0 aliphatic heterocycles. The third-order valence-electron chi connectivity index (χ3n) is 3.32. The van der Waals surface area contributed by atoms with E-state index >= 15 is 0 Å². The summed E-state index contributed by atoms with van der Waals surface area (Å²) >= 11 is 1.74. The van der Waals surface area contributed by atoms with Crippen LogP contribution >= 0.6 is 11.8 Å². The fourth-order valence-electron chi connectivity index (χ4n) is 2.18. The maximum absolute atomic E-state index is 9.52. The molecule has 0 radical (unpaired) electrons. The highest BCUT2D eigenvalue weighted by molar-refractivity contribution is 7.99. The van der Waals surface area contributed by atoms with Gasteiger partial charge in [0.25, 0.3) is 0 Å². The summed E-state index contributed by atoms with van der Waals surface area (Å²) in [5, 5.41) is 12.0. The molecule has 3 rings (SSSR count). The van der Waals surface area contributed by atoms with E-state index in [1.54, 1.807) is 18.7 Å². The van der Waals surface area contributed by atoms with Gasteiger partial charge in [-0.05, 0) is 47.5 Å². The minimum atomic E-state index is -0.408. The van der Waals surface area contributed by atoms with E-state index in [-0.39, 0.29) is 0 Å². The molecule has 100 valence electrons. The summed E-state index contributed by atoms with van der Waals surface area (Å²) in [7, 11) is 0. The van der Waals surface area contributed by atoms with Crippen molar-refractivity contribution in [3.63, 3.8) is 0 Å². The van der Waals surface area contributed by atoms with E-state index < -0.39 is 6.10 Å². The van der Waals surface area contributed by atoms with Crippen LogP contribution in [0.3, 0.4) is 0 Å². The summed E-state index contributed by atoms with van der Waals surface area (Å²) in [6.07, 6.45) is -0.408. The van der Waals surface area contributed by atoms with Crippen molar-refractivity contribution in [2.75, 3.05) is 0 Å². The van der Waals surface area contributed by atoms with E-state index in [2.05, 4.69) is 54.6 Å². The molecule has 3 aromatic carbocycles. The predicted octanol–water partition coefficient (Wildman–Crippen LogP) is 5.04. The van der Waals surface area contributed by atoms with Crippen molar-refractivity contribution in [3.05, 3.63) is 72.3 Å². The third-order valence-corrected chi connectivity index (χ3v) is 4.32. The molecule has 0 aromatic heterocycles. The highest BCUT2D eigenvalue weighted by Gasteiger charge is 2.02. The van der Waals surface area contributed by atoms with E-state index in [9.17, 15) is 5.11 Å². The average Bonchev–Trinajstić information content (AvgIpc) is 2.48. The Labute approximate surface area is 123 Å². The Hall–Kier alpha value is -1.77. The van der Waals surface area contributed by atoms with Crippen LogP contribution in [0.15, 0.2) is 76.5 Å². The molecule has 1 nitrogen and oxygen atoms in total. The lowest BCUT2D eigenvalue weighted by atomic mass is 10.1. The minimum absolute atomic E-state index is 0.408. The first-order valence-corrected chi connectivity index (χ1v) is 7.49. The molecule has 0 amide bonds. The van der Waals surface area contributed by atoms with Gasteiger partial charge in [-0.15, -0.1) is 0 Å². The van der Waals surface area contributed by atoms with Gasteiger partial charge in [0.2, 0.25) is 0 Å². The summed E-state index contributed by atoms with van der Waals surface area (Å²) in [5.74, 6) is 0. The maximum atomic E-state index is 9.52. The molecule has 20 heavy (non-hydrogen) atoms. The Kier molecular flexibility index (Phi) is 3.77. The molecule has 1 atom stereocenters. The molecule has 1 N–H and O–H groups in total. The van der Waals surface area contributed by atoms with Crippen LogP contribution in [0.4, 0.5) is 0 Å². The molecule has 0 bridgehead atoms. The van der Waals surface area contributed by atoms with Crippen molar-refractivity contribution in [1.82, 2.24) is 0 Å². The normalized spacial score (nSPS) is 12.5. The SMILES string of the molecule is C[C@H](O)c1ccc(Sc2ccc3ccccc3c2)cc1. The van der Waals surface area contributed by atoms with Gasteiger partial charge in [-0.25, -0.2) is 0 Å². The van der Waals surface area contributed by atoms with Gasteiger partial charge >= 0.3 is 0 Å². The van der Waals surface area contributed by atoms with Crippen molar-refractivity contribution in [3.8, 4) is 0 Å². The van der Waals surface area contributed by atoms with Crippen LogP contribution < -0.4 is 0 Å². The molecule has 2 heteroatoms. The summed E-state index contributed by atoms with van der Waals surface area (Å²) in [6, 6.07) is 23.0. The number of hydrogen-bond donors (Lipinski definition) is 1. The lowest BCUT2D eigenvalue weighted by Crippen LogP contribution is -1.89. The lowest BCUT2D eigenvalue weighted by molar-refractivity contribution is 0.199. The quantitative estimate of drug-likeness (QED) is 0.725. The second kappa shape index (κ2) is 5.70. The highest BCUT2D eigenvalue weighted by atomic mass is 32.2. The summed E-state index contributed by atoms with van der Waals surface area (Å²) in [6.45, 7) is 1.78. The molecule has 0 aliphatic carbocycles. The van der Waals surface area contributed by atoms with E-state index in [0.29, 0.717) is 0 Å². The van der Waals surface area contributed by atoms with Gasteiger partial charge in [0, 0.05) is 9.79 Å². The lowest BCUT2D eigenvalue weighted by Gasteiger charge is -2.07. The first kappa shape index (κ1) is 13.2. The van der Waals surface area contributed by atoms with Crippen molar-refractivity contribution in [2.24, 2.45) is 0 Å². The number of benzene rings is 3. The van der Waals surface area contributed by atoms with Gasteiger partial charge in [0.1, 0.15) is 0 Å². The van der Waals surface area contributed by atoms with Gasteiger partial charge in [0.05, 0.1) is 6.10 Å². The number of aliphatic hydroxyl groups is 1. The molecule has 0 saturated heterocycles. The van der Waals surface area contributed by atoms with E-state index in [1.165, 1.54) is 20.6 Å². The number of fused-ring (bicyclic) bond motifs is 1. The summed E-state index contributed by atoms with van der Waals surface area (Å²) in [4.78, 5) is 2.41. The van der Waals surface area contributed by atoms with Crippen molar-refractivity contribution in [1.29, 1.82) is 0 Å². The topological polar surface area (TPSA) is 20.2 Å². The molecule has 0 fully saturated rings. The van der Waals surface area contributed by atoms with Crippen molar-refractivity contribution in [2.45, 2.75) is 22.8 Å². The Bertz CT molecular complexity index is 717. The monoisotopic (exact) mass is 280 g/mol. The zero-order valence-electron chi connectivity index (χ0n) is 11.3. The Morgan fingerprint density at radius 1 is 0.800 bits per heavy atom. The first-order chi connectivity index (χ1) is 9.72. The van der Waals surface area contributed by atoms with Gasteiger partial charge in [-0.3, -0.25) is 0 Å². The van der Waals surface area contributed by atoms with E-state index in [0.717, 1.165) is 5.56 Å². The number of rotatable bonds is 3. The van der Waals surface area contributed by atoms with Crippen molar-refractivity contribution < 1.29 is 5.11 Å². The molecular weight excluding hydrogens is 264 g/mol. The standard InChI is InChI=1S/C18H16OS/c1-13(19)14-6-9-17(10-7-14)20-18-11-8-15-4-2-3-5-16(15)12-18/h2-13,19H,1H3/t13-/m0/s1. The molecular formula is C18H16OS. The van der Waals surface area contributed by atoms with E-state index in [1.807, 2.05) is 12.1 Å². The van der Waals surface area contributed by atoms with Crippen LogP contribution in [0.1, 0.15) is 18.6 Å². The van der Waals surface area contributed by atoms with Crippen LogP contribution in [0.5, 0.6) is 0 Å². The largest absolute Gasteiger partial charge is 0.389 e. The van der Waals surface area contributed by atoms with E-state index in [4.69, 9.17) is 0 Å². The average molecular weight is 280 g/mol. The zero-order chi connectivity index (χ0) is 13.9. The summed E-state index contributed by atoms with van der Waals surface area (Å²) in [5.41, 5.74) is 0.952. The number of aliphatic hydroxyl groups excluding tert-OH is 1. The zero-order valence-corrected chi connectivity index (χ0v) is 12.1. The van der Waals surface area contributed by atoms with Gasteiger partial charge < -0.3 is 5.11 Å². The Morgan fingerprint density at radius 3 is 2.15 bits per heavy atom. The predicted molar refractivity (Wildman–Crippen MR) is 85.1 cm³/mol. The van der Waals surface area contributed by atoms with Crippen LogP contribution in [-0.2, 0) is 0 Å². The van der Waals surface area contributed by atoms with Crippen LogP contribution in [0, 0.1) is 0 Å². The minimum Gasteiger partial charge on any atom is -0.389 e. The molecule has 0 unspecified atom stereocenters. The van der Waals surface area contributed by atoms with Crippen LogP contribution in [0.2, 0.25) is 0 Å². The fraction of sp³-hybridized carbons (Fsp3) is 0.111. The van der Waals surface area contributed by atoms with Crippen LogP contribution in [-0.4, -0.2) is 5.11 Å². The van der Waals surface area contributed by atoms with Crippen LogP contribution in [0.25, 0.3) is 10.8 Å². The smallest absolute Gasteiger partial charge is 0.0761 e. The second-order valence-electron chi connectivity index (χ2n) is 4.86. The molecule has 0 heterocycles. The highest BCUT2D eigenvalue weighted by Crippen LogP contribution is 2.30. The van der Waals surface area contributed by atoms with Gasteiger partial charge in [-0.1, -0.05) is 54.2 Å². The number of hydrogen-bond acceptors (Lipinski definition) is 2. The van der Waals surface area contributed by atoms with Gasteiger partial charge in [0.15, 0.2) is 0 Å². The molecule has 0 spiro atoms. The molecule has 0 saturated carbocycles. The first-order valence-electron chi connectivity index (χ1n) is 6.67. The van der Waals surface area contributed by atoms with Gasteiger partial charge in [-0.2, -0.15) is 0 Å². The Morgan fingerprint density at radius 2 is 1.45 bits per heavy atom. The molecule has 0 aliphatic rings. The summed E-state index contributed by atoms with van der Waals surface area (Å²) < 4.78 is 0. The third kappa shape index (κ3) is 2.87. The fourth-order valence-corrected chi connectivity index (χ4v) is 3.05. The maximum Gasteiger partial charge on any atom is 0.0761 e. The second-order valence-corrected chi connectivity index (χ2v) is 6.00. The molecule has 3 aromatic rings. The van der Waals surface area contributed by atoms with Crippen molar-refractivity contribution >= 4 is 22.5 Å².